The number of nitrogens with zero attached hydrogens (tertiary/aromatic N) is 6. The maximum atomic E-state index is 13.1. The summed E-state index contributed by atoms with van der Waals surface area (Å²) in [5, 5.41) is 13.4. The van der Waals surface area contributed by atoms with Gasteiger partial charge in [0.1, 0.15) is 12.3 Å². The van der Waals surface area contributed by atoms with E-state index in [1.807, 2.05) is 31.2 Å². The van der Waals surface area contributed by atoms with Gasteiger partial charge in [-0.25, -0.2) is 4.90 Å². The smallest absolute Gasteiger partial charge is 0.263 e. The number of fused-ring (bicyclic) bond motifs is 1. The summed E-state index contributed by atoms with van der Waals surface area (Å²) in [5.74, 6) is 0.518. The maximum Gasteiger partial charge on any atom is 0.263 e. The Morgan fingerprint density at radius 2 is 1.94 bits per heavy atom. The van der Waals surface area contributed by atoms with E-state index >= 15 is 0 Å². The molecule has 162 valence electrons. The molecule has 10 nitrogen and oxygen atoms in total. The molecule has 2 aromatic carbocycles. The number of rotatable bonds is 6. The van der Waals surface area contributed by atoms with Crippen LogP contribution in [0.5, 0.6) is 5.75 Å². The van der Waals surface area contributed by atoms with E-state index in [1.165, 1.54) is 5.01 Å². The Balaban J connectivity index is 1.34. The summed E-state index contributed by atoms with van der Waals surface area (Å²) in [5.41, 5.74) is 1.24. The summed E-state index contributed by atoms with van der Waals surface area (Å²) in [4.78, 5) is 31.5. The summed E-state index contributed by atoms with van der Waals surface area (Å²) in [6, 6.07) is 12.5. The van der Waals surface area contributed by atoms with E-state index < -0.39 is 23.9 Å². The monoisotopic (exact) mass is 496 g/mol. The van der Waals surface area contributed by atoms with Gasteiger partial charge < -0.3 is 9.26 Å². The number of aromatic nitrogens is 2. The van der Waals surface area contributed by atoms with Gasteiger partial charge >= 0.3 is 0 Å². The van der Waals surface area contributed by atoms with E-state index in [1.54, 1.807) is 24.3 Å². The van der Waals surface area contributed by atoms with Crippen molar-refractivity contribution in [3.8, 4) is 17.1 Å². The number of hydrogen-bond donors (Lipinski definition) is 0. The number of carbonyl (C=O) groups excluding carboxylic acids is 2. The van der Waals surface area contributed by atoms with Crippen LogP contribution in [0, 0.1) is 0 Å². The summed E-state index contributed by atoms with van der Waals surface area (Å²) < 4.78 is 11.6. The molecule has 2 amide bonds. The van der Waals surface area contributed by atoms with Crippen LogP contribution >= 0.6 is 15.9 Å². The zero-order chi connectivity index (χ0) is 22.2. The number of carbonyl (C=O) groups is 2. The molecule has 0 bridgehead atoms. The van der Waals surface area contributed by atoms with E-state index in [4.69, 9.17) is 9.26 Å². The van der Waals surface area contributed by atoms with E-state index in [0.29, 0.717) is 23.9 Å². The second-order valence-corrected chi connectivity index (χ2v) is 8.07. The summed E-state index contributed by atoms with van der Waals surface area (Å²) in [6.07, 6.45) is 0. The predicted molar refractivity (Wildman–Crippen MR) is 116 cm³/mol. The van der Waals surface area contributed by atoms with Crippen LogP contribution < -0.4 is 9.64 Å². The highest BCUT2D eigenvalue weighted by atomic mass is 79.9. The molecular weight excluding hydrogens is 480 g/mol. The number of anilines is 1. The number of ether oxygens (including phenoxy) is 1. The van der Waals surface area contributed by atoms with Gasteiger partial charge in [-0.2, -0.15) is 10.1 Å². The van der Waals surface area contributed by atoms with Crippen molar-refractivity contribution in [3.63, 3.8) is 0 Å². The Morgan fingerprint density at radius 1 is 1.12 bits per heavy atom. The molecule has 1 fully saturated rings. The van der Waals surface area contributed by atoms with Crippen LogP contribution in [-0.4, -0.2) is 45.7 Å². The summed E-state index contributed by atoms with van der Waals surface area (Å²) in [7, 11) is 0. The molecule has 0 N–H and O–H groups in total. The third kappa shape index (κ3) is 3.54. The predicted octanol–water partition coefficient (Wildman–Crippen LogP) is 3.39. The molecule has 2 aliphatic rings. The molecule has 11 heteroatoms. The van der Waals surface area contributed by atoms with Crippen LogP contribution in [0.1, 0.15) is 12.8 Å². The number of amides is 2. The number of hydrogen-bond acceptors (Lipinski definition) is 9. The average molecular weight is 497 g/mol. The number of halogens is 1. The van der Waals surface area contributed by atoms with Gasteiger partial charge in [-0.15, -0.1) is 0 Å². The standard InChI is InChI=1S/C21H17BrN6O4/c1-2-31-15-8-6-14(7-9-15)28-20(29)17-18(21(28)30)27(26-24-17)11-16-23-19(25-32-16)12-4-3-5-13(22)10-12/h3-10,17-18H,2,11H2,1H3/t17-,18+/m1/s1. The minimum absolute atomic E-state index is 0.0573. The second-order valence-electron chi connectivity index (χ2n) is 7.15. The summed E-state index contributed by atoms with van der Waals surface area (Å²) >= 11 is 3.41. The van der Waals surface area contributed by atoms with Crippen molar-refractivity contribution in [2.24, 2.45) is 10.3 Å². The average Bonchev–Trinajstić information content (AvgIpc) is 3.48. The molecule has 5 rings (SSSR count). The largest absolute Gasteiger partial charge is 0.494 e. The fourth-order valence-electron chi connectivity index (χ4n) is 3.67. The van der Waals surface area contributed by atoms with Gasteiger partial charge in [0.05, 0.1) is 12.3 Å². The minimum Gasteiger partial charge on any atom is -0.494 e. The van der Waals surface area contributed by atoms with Gasteiger partial charge in [-0.05, 0) is 43.3 Å². The molecule has 3 aromatic rings. The van der Waals surface area contributed by atoms with Crippen molar-refractivity contribution in [1.29, 1.82) is 0 Å². The van der Waals surface area contributed by atoms with Crippen LogP contribution in [0.2, 0.25) is 0 Å². The lowest BCUT2D eigenvalue weighted by Gasteiger charge is -2.19. The van der Waals surface area contributed by atoms with Crippen molar-refractivity contribution in [3.05, 3.63) is 58.9 Å². The molecule has 0 radical (unpaired) electrons. The van der Waals surface area contributed by atoms with Crippen LogP contribution in [0.25, 0.3) is 11.4 Å². The van der Waals surface area contributed by atoms with Gasteiger partial charge in [-0.3, -0.25) is 14.6 Å². The first-order valence-electron chi connectivity index (χ1n) is 9.92. The Kier molecular flexibility index (Phi) is 5.17. The van der Waals surface area contributed by atoms with Gasteiger partial charge in [0, 0.05) is 10.0 Å². The van der Waals surface area contributed by atoms with E-state index in [-0.39, 0.29) is 12.4 Å². The Hall–Kier alpha value is -3.60. The molecule has 3 heterocycles. The first-order chi connectivity index (χ1) is 15.5. The fraction of sp³-hybridized carbons (Fsp3) is 0.238. The highest BCUT2D eigenvalue weighted by molar-refractivity contribution is 9.10. The molecule has 0 unspecified atom stereocenters. The molecule has 0 saturated carbocycles. The molecule has 2 aliphatic heterocycles. The van der Waals surface area contributed by atoms with Crippen molar-refractivity contribution in [1.82, 2.24) is 15.1 Å². The lowest BCUT2D eigenvalue weighted by Crippen LogP contribution is -2.39. The second kappa shape index (κ2) is 8.15. The van der Waals surface area contributed by atoms with Crippen LogP contribution in [-0.2, 0) is 16.1 Å². The van der Waals surface area contributed by atoms with Gasteiger partial charge in [0.15, 0.2) is 12.1 Å². The van der Waals surface area contributed by atoms with E-state index in [0.717, 1.165) is 14.9 Å². The molecule has 0 aliphatic carbocycles. The number of imide groups is 1. The molecular formula is C21H17BrN6O4. The SMILES string of the molecule is CCOc1ccc(N2C(=O)[C@@H]3[C@@H](N=NN3Cc3nc(-c4cccc(Br)c4)no3)C2=O)cc1. The highest BCUT2D eigenvalue weighted by Crippen LogP contribution is 2.33. The van der Waals surface area contributed by atoms with E-state index in [9.17, 15) is 9.59 Å². The molecule has 0 spiro atoms. The Morgan fingerprint density at radius 3 is 2.69 bits per heavy atom. The third-order valence-corrected chi connectivity index (χ3v) is 5.61. The quantitative estimate of drug-likeness (QED) is 0.480. The Labute approximate surface area is 191 Å². The maximum absolute atomic E-state index is 13.1. The fourth-order valence-corrected chi connectivity index (χ4v) is 4.07. The van der Waals surface area contributed by atoms with Crippen LogP contribution in [0.4, 0.5) is 5.69 Å². The van der Waals surface area contributed by atoms with Crippen molar-refractivity contribution in [2.75, 3.05) is 11.5 Å². The van der Waals surface area contributed by atoms with E-state index in [2.05, 4.69) is 36.4 Å². The Bertz CT molecular complexity index is 1210. The van der Waals surface area contributed by atoms with Crippen LogP contribution in [0.3, 0.4) is 0 Å². The van der Waals surface area contributed by atoms with Crippen molar-refractivity contribution >= 4 is 33.4 Å². The molecule has 32 heavy (non-hydrogen) atoms. The van der Waals surface area contributed by atoms with Gasteiger partial charge in [0.25, 0.3) is 11.8 Å². The molecule has 1 saturated heterocycles. The third-order valence-electron chi connectivity index (χ3n) is 5.11. The van der Waals surface area contributed by atoms with Gasteiger partial charge in [-0.1, -0.05) is 38.4 Å². The topological polar surface area (TPSA) is 113 Å². The zero-order valence-electron chi connectivity index (χ0n) is 16.9. The first-order valence-corrected chi connectivity index (χ1v) is 10.7. The first kappa shape index (κ1) is 20.3. The lowest BCUT2D eigenvalue weighted by molar-refractivity contribution is -0.123. The normalized spacial score (nSPS) is 19.7. The molecule has 1 aromatic heterocycles. The zero-order valence-corrected chi connectivity index (χ0v) is 18.5. The summed E-state index contributed by atoms with van der Waals surface area (Å²) in [6.45, 7) is 2.47. The lowest BCUT2D eigenvalue weighted by atomic mass is 10.1. The number of benzene rings is 2. The van der Waals surface area contributed by atoms with Crippen molar-refractivity contribution in [2.45, 2.75) is 25.6 Å². The van der Waals surface area contributed by atoms with Crippen molar-refractivity contribution < 1.29 is 18.8 Å². The molecule has 2 atom stereocenters. The highest BCUT2D eigenvalue weighted by Gasteiger charge is 2.55. The minimum atomic E-state index is -0.901. The van der Waals surface area contributed by atoms with Gasteiger partial charge in [0.2, 0.25) is 11.7 Å². The van der Waals surface area contributed by atoms with Crippen LogP contribution in [0.15, 0.2) is 67.9 Å².